The summed E-state index contributed by atoms with van der Waals surface area (Å²) in [5.41, 5.74) is 0. The molecule has 0 fully saturated rings. The molecule has 49 heavy (non-hydrogen) atoms. The lowest BCUT2D eigenvalue weighted by molar-refractivity contribution is -0.161. The maximum Gasteiger partial charge on any atom is 0.469 e. The third-order valence-corrected chi connectivity index (χ3v) is 8.29. The summed E-state index contributed by atoms with van der Waals surface area (Å²) in [6, 6.07) is 0. The predicted octanol–water partition coefficient (Wildman–Crippen LogP) is 11.3. The summed E-state index contributed by atoms with van der Waals surface area (Å²) in [5.74, 6) is -0.954. The second kappa shape index (κ2) is 35.6. The van der Waals surface area contributed by atoms with E-state index in [9.17, 15) is 14.2 Å². The summed E-state index contributed by atoms with van der Waals surface area (Å²) >= 11 is 0. The molecule has 282 valence electrons. The molecule has 0 saturated carbocycles. The smallest absolute Gasteiger partial charge is 0.462 e. The van der Waals surface area contributed by atoms with E-state index >= 15 is 0 Å². The van der Waals surface area contributed by atoms with Crippen molar-refractivity contribution in [3.63, 3.8) is 0 Å². The van der Waals surface area contributed by atoms with Crippen LogP contribution in [0.25, 0.3) is 0 Å². The highest BCUT2D eigenvalue weighted by atomic mass is 31.2. The molecular weight excluding hydrogens is 639 g/mol. The minimum absolute atomic E-state index is 0.133. The third-order valence-electron chi connectivity index (χ3n) is 7.80. The topological polar surface area (TPSA) is 119 Å². The molecule has 8 nitrogen and oxygen atoms in total. The van der Waals surface area contributed by atoms with E-state index in [-0.39, 0.29) is 19.4 Å². The zero-order valence-corrected chi connectivity index (χ0v) is 31.7. The Labute approximate surface area is 298 Å². The highest BCUT2D eigenvalue weighted by Crippen LogP contribution is 2.36. The molecule has 0 spiro atoms. The SMILES string of the molecule is CC/C=C\C/C=C\C/C=C\C/C=C\C/C=C\CCCC(=O)OC(COC(=O)CCCCCCCCCCCCCCCC)COP(=O)(O)O. The van der Waals surface area contributed by atoms with Gasteiger partial charge in [0.2, 0.25) is 0 Å². The van der Waals surface area contributed by atoms with Gasteiger partial charge in [-0.05, 0) is 51.4 Å². The fourth-order valence-corrected chi connectivity index (χ4v) is 5.36. The molecule has 0 heterocycles. The van der Waals surface area contributed by atoms with E-state index in [0.717, 1.165) is 51.4 Å². The van der Waals surface area contributed by atoms with Gasteiger partial charge in [0.15, 0.2) is 6.10 Å². The van der Waals surface area contributed by atoms with Gasteiger partial charge in [-0.25, -0.2) is 4.57 Å². The van der Waals surface area contributed by atoms with E-state index in [1.807, 2.05) is 12.2 Å². The first-order chi connectivity index (χ1) is 23.8. The number of hydrogen-bond acceptors (Lipinski definition) is 6. The zero-order valence-electron chi connectivity index (χ0n) is 30.8. The molecule has 0 amide bonds. The summed E-state index contributed by atoms with van der Waals surface area (Å²) in [7, 11) is -4.77. The number of unbranched alkanes of at least 4 members (excludes halogenated alkanes) is 14. The lowest BCUT2D eigenvalue weighted by Gasteiger charge is -2.18. The highest BCUT2D eigenvalue weighted by Gasteiger charge is 2.22. The molecule has 0 saturated heterocycles. The van der Waals surface area contributed by atoms with E-state index in [4.69, 9.17) is 19.3 Å². The van der Waals surface area contributed by atoms with Crippen LogP contribution in [0.1, 0.15) is 162 Å². The molecule has 0 rings (SSSR count). The number of carbonyl (C=O) groups excluding carboxylic acids is 2. The maximum absolute atomic E-state index is 12.3. The first-order valence-corrected chi connectivity index (χ1v) is 20.6. The molecule has 0 bridgehead atoms. The van der Waals surface area contributed by atoms with Gasteiger partial charge >= 0.3 is 19.8 Å². The molecule has 0 aromatic heterocycles. The number of rotatable bonds is 34. The van der Waals surface area contributed by atoms with Crippen molar-refractivity contribution in [3.05, 3.63) is 60.8 Å². The van der Waals surface area contributed by atoms with Crippen molar-refractivity contribution in [2.45, 2.75) is 168 Å². The van der Waals surface area contributed by atoms with E-state index in [0.29, 0.717) is 12.8 Å². The highest BCUT2D eigenvalue weighted by molar-refractivity contribution is 7.46. The fraction of sp³-hybridized carbons (Fsp3) is 0.700. The average Bonchev–Trinajstić information content (AvgIpc) is 3.07. The second-order valence-electron chi connectivity index (χ2n) is 12.5. The number of phosphoric acid groups is 1. The Morgan fingerprint density at radius 2 is 0.980 bits per heavy atom. The molecule has 0 aliphatic heterocycles. The number of hydrogen-bond donors (Lipinski definition) is 2. The van der Waals surface area contributed by atoms with E-state index < -0.39 is 32.5 Å². The van der Waals surface area contributed by atoms with Crippen molar-refractivity contribution in [3.8, 4) is 0 Å². The molecule has 0 radical (unpaired) electrons. The lowest BCUT2D eigenvalue weighted by Crippen LogP contribution is -2.29. The van der Waals surface area contributed by atoms with Crippen LogP contribution in [0.3, 0.4) is 0 Å². The van der Waals surface area contributed by atoms with Gasteiger partial charge in [0.25, 0.3) is 0 Å². The van der Waals surface area contributed by atoms with Gasteiger partial charge in [0.05, 0.1) is 6.61 Å². The Morgan fingerprint density at radius 3 is 1.45 bits per heavy atom. The molecule has 0 aromatic carbocycles. The standard InChI is InChI=1S/C40H69O8P/c1-3-5-7-9-11-13-15-17-19-20-21-23-25-27-29-31-33-35-40(42)48-38(37-47-49(43,44)45)36-46-39(41)34-32-30-28-26-24-22-18-16-14-12-10-8-6-4-2/h5,7,11,13,17,19,21,23,27,29,38H,3-4,6,8-10,12,14-16,18,20,22,24-26,28,30-37H2,1-2H3,(H2,43,44,45)/b7-5-,13-11-,19-17-,23-21-,29-27-. The van der Waals surface area contributed by atoms with Gasteiger partial charge in [0, 0.05) is 12.8 Å². The van der Waals surface area contributed by atoms with Crippen molar-refractivity contribution < 1.29 is 37.9 Å². The van der Waals surface area contributed by atoms with Crippen molar-refractivity contribution in [2.24, 2.45) is 0 Å². The molecule has 1 atom stereocenters. The molecule has 0 aliphatic rings. The van der Waals surface area contributed by atoms with E-state index in [1.54, 1.807) is 0 Å². The van der Waals surface area contributed by atoms with Crippen LogP contribution >= 0.6 is 7.82 Å². The minimum atomic E-state index is -4.77. The summed E-state index contributed by atoms with van der Waals surface area (Å²) in [4.78, 5) is 42.7. The average molecular weight is 709 g/mol. The molecule has 0 aliphatic carbocycles. The molecular formula is C40H69O8P. The van der Waals surface area contributed by atoms with Crippen molar-refractivity contribution in [1.82, 2.24) is 0 Å². The van der Waals surface area contributed by atoms with E-state index in [1.165, 1.54) is 70.6 Å². The normalized spacial score (nSPS) is 13.1. The van der Waals surface area contributed by atoms with Crippen molar-refractivity contribution in [1.29, 1.82) is 0 Å². The third kappa shape index (κ3) is 38.4. The van der Waals surface area contributed by atoms with Gasteiger partial charge in [0.1, 0.15) is 6.61 Å². The Kier molecular flexibility index (Phi) is 33.9. The minimum Gasteiger partial charge on any atom is -0.462 e. The van der Waals surface area contributed by atoms with Crippen LogP contribution in [-0.2, 0) is 28.2 Å². The van der Waals surface area contributed by atoms with Crippen LogP contribution in [-0.4, -0.2) is 41.0 Å². The Hall–Kier alpha value is -2.25. The quantitative estimate of drug-likeness (QED) is 0.0293. The molecule has 1 unspecified atom stereocenters. The molecule has 9 heteroatoms. The van der Waals surface area contributed by atoms with Gasteiger partial charge in [-0.15, -0.1) is 0 Å². The van der Waals surface area contributed by atoms with Gasteiger partial charge < -0.3 is 19.3 Å². The number of esters is 2. The zero-order chi connectivity index (χ0) is 36.1. The predicted molar refractivity (Wildman–Crippen MR) is 202 cm³/mol. The van der Waals surface area contributed by atoms with Gasteiger partial charge in [-0.3, -0.25) is 14.1 Å². The van der Waals surface area contributed by atoms with Crippen LogP contribution < -0.4 is 0 Å². The number of carbonyl (C=O) groups is 2. The summed E-state index contributed by atoms with van der Waals surface area (Å²) in [5, 5.41) is 0. The maximum atomic E-state index is 12.3. The fourth-order valence-electron chi connectivity index (χ4n) is 5.00. The lowest BCUT2D eigenvalue weighted by atomic mass is 10.0. The number of allylic oxidation sites excluding steroid dienone is 10. The van der Waals surface area contributed by atoms with Crippen molar-refractivity contribution >= 4 is 19.8 Å². The van der Waals surface area contributed by atoms with Crippen LogP contribution in [0.15, 0.2) is 60.8 Å². The first-order valence-electron chi connectivity index (χ1n) is 19.1. The van der Waals surface area contributed by atoms with Crippen molar-refractivity contribution in [2.75, 3.05) is 13.2 Å². The Morgan fingerprint density at radius 1 is 0.551 bits per heavy atom. The van der Waals surface area contributed by atoms with Crippen LogP contribution in [0.4, 0.5) is 0 Å². The summed E-state index contributed by atoms with van der Waals surface area (Å²) in [6.07, 6.45) is 43.7. The van der Waals surface area contributed by atoms with Crippen LogP contribution in [0.5, 0.6) is 0 Å². The Balaban J connectivity index is 4.07. The van der Waals surface area contributed by atoms with Crippen LogP contribution in [0, 0.1) is 0 Å². The number of phosphoric ester groups is 1. The number of ether oxygens (including phenoxy) is 2. The second-order valence-corrected chi connectivity index (χ2v) is 13.8. The molecule has 2 N–H and O–H groups in total. The first kappa shape index (κ1) is 46.8. The van der Waals surface area contributed by atoms with Crippen LogP contribution in [0.2, 0.25) is 0 Å². The van der Waals surface area contributed by atoms with Gasteiger partial charge in [-0.2, -0.15) is 0 Å². The summed E-state index contributed by atoms with van der Waals surface area (Å²) < 4.78 is 26.3. The Bertz CT molecular complexity index is 979. The monoisotopic (exact) mass is 708 g/mol. The van der Waals surface area contributed by atoms with E-state index in [2.05, 4.69) is 67.0 Å². The van der Waals surface area contributed by atoms with Gasteiger partial charge in [-0.1, -0.05) is 158 Å². The molecule has 0 aromatic rings. The largest absolute Gasteiger partial charge is 0.469 e. The summed E-state index contributed by atoms with van der Waals surface area (Å²) in [6.45, 7) is 3.51.